The van der Waals surface area contributed by atoms with Gasteiger partial charge in [0.25, 0.3) is 0 Å². The van der Waals surface area contributed by atoms with Crippen molar-refractivity contribution in [1.82, 2.24) is 0 Å². The number of carbonyl (C=O) groups is 1. The fraction of sp³-hybridized carbons (Fsp3) is 0.118. The van der Waals surface area contributed by atoms with E-state index in [-0.39, 0.29) is 5.56 Å². The topological polar surface area (TPSA) is 47.6 Å². The highest BCUT2D eigenvalue weighted by Gasteiger charge is 2.15. The summed E-state index contributed by atoms with van der Waals surface area (Å²) in [5.41, 5.74) is 0.191. The van der Waals surface area contributed by atoms with Crippen LogP contribution in [0.1, 0.15) is 5.56 Å². The molecule has 0 fully saturated rings. The second-order valence-electron chi connectivity index (χ2n) is 4.93. The van der Waals surface area contributed by atoms with E-state index < -0.39 is 17.5 Å². The molecule has 0 bridgehead atoms. The minimum Gasteiger partial charge on any atom is -0.486 e. The average Bonchev–Trinajstić information content (AvgIpc) is 2.55. The van der Waals surface area contributed by atoms with Crippen LogP contribution in [0.15, 0.2) is 40.9 Å². The average molecular weight is 396 g/mol. The van der Waals surface area contributed by atoms with Crippen molar-refractivity contribution < 1.29 is 23.0 Å². The van der Waals surface area contributed by atoms with Gasteiger partial charge in [-0.25, -0.2) is 8.78 Å². The predicted octanol–water partition coefficient (Wildman–Crippen LogP) is 4.15. The fourth-order valence-corrected chi connectivity index (χ4v) is 2.58. The van der Waals surface area contributed by atoms with Gasteiger partial charge in [0.05, 0.1) is 5.69 Å². The molecule has 1 aliphatic heterocycles. The molecule has 0 atom stereocenters. The molecular formula is C17H12BrF2NO3. The van der Waals surface area contributed by atoms with E-state index in [1.54, 1.807) is 12.1 Å². The minimum atomic E-state index is -0.737. The van der Waals surface area contributed by atoms with Gasteiger partial charge >= 0.3 is 0 Å². The summed E-state index contributed by atoms with van der Waals surface area (Å²) < 4.78 is 38.5. The smallest absolute Gasteiger partial charge is 0.248 e. The van der Waals surface area contributed by atoms with Gasteiger partial charge in [-0.15, -0.1) is 0 Å². The number of hydrogen-bond donors (Lipinski definition) is 1. The lowest BCUT2D eigenvalue weighted by Crippen LogP contribution is -2.16. The monoisotopic (exact) mass is 395 g/mol. The largest absolute Gasteiger partial charge is 0.486 e. The number of fused-ring (bicyclic) bond motifs is 1. The Morgan fingerprint density at radius 1 is 1.12 bits per heavy atom. The quantitative estimate of drug-likeness (QED) is 0.794. The standard InChI is InChI=1S/C17H12BrF2NO3/c18-11-8-15-16(24-7-6-23-15)9-14(11)21-17(22)5-4-10-12(19)2-1-3-13(10)20/h1-5,8-9H,6-7H2,(H,21,22). The van der Waals surface area contributed by atoms with Crippen molar-refractivity contribution in [2.24, 2.45) is 0 Å². The highest BCUT2D eigenvalue weighted by molar-refractivity contribution is 9.10. The normalized spacial score (nSPS) is 13.1. The third-order valence-electron chi connectivity index (χ3n) is 3.29. The van der Waals surface area contributed by atoms with E-state index >= 15 is 0 Å². The third-order valence-corrected chi connectivity index (χ3v) is 3.95. The van der Waals surface area contributed by atoms with Gasteiger partial charge in [0.1, 0.15) is 24.8 Å². The van der Waals surface area contributed by atoms with Crippen LogP contribution in [-0.2, 0) is 4.79 Å². The fourth-order valence-electron chi connectivity index (χ4n) is 2.16. The van der Waals surface area contributed by atoms with Crippen LogP contribution < -0.4 is 14.8 Å². The van der Waals surface area contributed by atoms with Gasteiger partial charge in [0.2, 0.25) is 5.91 Å². The maximum Gasteiger partial charge on any atom is 0.248 e. The lowest BCUT2D eigenvalue weighted by molar-refractivity contribution is -0.111. The number of anilines is 1. The van der Waals surface area contributed by atoms with Crippen LogP contribution in [0.5, 0.6) is 11.5 Å². The van der Waals surface area contributed by atoms with Gasteiger partial charge in [-0.2, -0.15) is 0 Å². The lowest BCUT2D eigenvalue weighted by Gasteiger charge is -2.19. The Labute approximate surface area is 145 Å². The van der Waals surface area contributed by atoms with Crippen molar-refractivity contribution in [3.05, 3.63) is 58.1 Å². The molecule has 1 aliphatic rings. The van der Waals surface area contributed by atoms with E-state index in [0.29, 0.717) is 34.9 Å². The summed E-state index contributed by atoms with van der Waals surface area (Å²) >= 11 is 3.33. The first-order valence-corrected chi connectivity index (χ1v) is 7.86. The van der Waals surface area contributed by atoms with Gasteiger partial charge in [-0.3, -0.25) is 4.79 Å². The Balaban J connectivity index is 1.77. The number of hydrogen-bond acceptors (Lipinski definition) is 3. The molecule has 0 unspecified atom stereocenters. The van der Waals surface area contributed by atoms with Crippen molar-refractivity contribution in [2.45, 2.75) is 0 Å². The van der Waals surface area contributed by atoms with Gasteiger partial charge in [0.15, 0.2) is 11.5 Å². The molecule has 2 aromatic rings. The highest BCUT2D eigenvalue weighted by Crippen LogP contribution is 2.38. The summed E-state index contributed by atoms with van der Waals surface area (Å²) in [5.74, 6) is -0.909. The number of rotatable bonds is 3. The van der Waals surface area contributed by atoms with Crippen LogP contribution in [-0.4, -0.2) is 19.1 Å². The molecule has 1 heterocycles. The number of amides is 1. The van der Waals surface area contributed by atoms with Gasteiger partial charge in [-0.1, -0.05) is 6.07 Å². The second-order valence-corrected chi connectivity index (χ2v) is 5.79. The van der Waals surface area contributed by atoms with E-state index in [2.05, 4.69) is 21.2 Å². The maximum absolute atomic E-state index is 13.5. The van der Waals surface area contributed by atoms with Crippen LogP contribution in [0.4, 0.5) is 14.5 Å². The van der Waals surface area contributed by atoms with Crippen LogP contribution in [0.3, 0.4) is 0 Å². The van der Waals surface area contributed by atoms with Crippen molar-refractivity contribution in [3.63, 3.8) is 0 Å². The van der Waals surface area contributed by atoms with Crippen molar-refractivity contribution in [1.29, 1.82) is 0 Å². The van der Waals surface area contributed by atoms with E-state index in [9.17, 15) is 13.6 Å². The van der Waals surface area contributed by atoms with Gasteiger partial charge < -0.3 is 14.8 Å². The van der Waals surface area contributed by atoms with E-state index in [1.807, 2.05) is 0 Å². The Kier molecular flexibility index (Phi) is 4.80. The molecule has 24 heavy (non-hydrogen) atoms. The molecule has 0 aromatic heterocycles. The summed E-state index contributed by atoms with van der Waals surface area (Å²) in [7, 11) is 0. The zero-order valence-corrected chi connectivity index (χ0v) is 13.9. The molecule has 0 saturated heterocycles. The molecule has 0 radical (unpaired) electrons. The van der Waals surface area contributed by atoms with E-state index in [4.69, 9.17) is 9.47 Å². The summed E-state index contributed by atoms with van der Waals surface area (Å²) in [6, 6.07) is 6.81. The second kappa shape index (κ2) is 7.00. The number of benzene rings is 2. The first kappa shape index (κ1) is 16.4. The molecule has 1 N–H and O–H groups in total. The van der Waals surface area contributed by atoms with Gasteiger partial charge in [-0.05, 0) is 34.1 Å². The molecule has 0 aliphatic carbocycles. The molecule has 0 spiro atoms. The van der Waals surface area contributed by atoms with Crippen molar-refractivity contribution in [2.75, 3.05) is 18.5 Å². The lowest BCUT2D eigenvalue weighted by atomic mass is 10.2. The zero-order chi connectivity index (χ0) is 17.1. The van der Waals surface area contributed by atoms with Crippen LogP contribution >= 0.6 is 15.9 Å². The first-order valence-electron chi connectivity index (χ1n) is 7.07. The molecule has 4 nitrogen and oxygen atoms in total. The molecular weight excluding hydrogens is 384 g/mol. The zero-order valence-electron chi connectivity index (χ0n) is 12.3. The highest BCUT2D eigenvalue weighted by atomic mass is 79.9. The number of nitrogens with one attached hydrogen (secondary N) is 1. The Hall–Kier alpha value is -2.41. The first-order chi connectivity index (χ1) is 11.5. The maximum atomic E-state index is 13.5. The van der Waals surface area contributed by atoms with Crippen molar-refractivity contribution >= 4 is 33.6 Å². The van der Waals surface area contributed by atoms with Gasteiger partial charge in [0, 0.05) is 28.2 Å². The Morgan fingerprint density at radius 2 is 1.75 bits per heavy atom. The third kappa shape index (κ3) is 3.56. The molecule has 2 aromatic carbocycles. The summed E-state index contributed by atoms with van der Waals surface area (Å²) in [4.78, 5) is 12.0. The molecule has 1 amide bonds. The van der Waals surface area contributed by atoms with Crippen LogP contribution in [0.2, 0.25) is 0 Å². The van der Waals surface area contributed by atoms with E-state index in [0.717, 1.165) is 24.3 Å². The Morgan fingerprint density at radius 3 is 2.42 bits per heavy atom. The summed E-state index contributed by atoms with van der Waals surface area (Å²) in [6.45, 7) is 0.885. The van der Waals surface area contributed by atoms with Crippen molar-refractivity contribution in [3.8, 4) is 11.5 Å². The number of ether oxygens (including phenoxy) is 2. The number of halogens is 3. The minimum absolute atomic E-state index is 0.270. The Bertz CT molecular complexity index is 803. The SMILES string of the molecule is O=C(C=Cc1c(F)cccc1F)Nc1cc2c(cc1Br)OCCO2. The molecule has 0 saturated carbocycles. The van der Waals surface area contributed by atoms with E-state index in [1.165, 1.54) is 6.07 Å². The van der Waals surface area contributed by atoms with Crippen LogP contribution in [0, 0.1) is 11.6 Å². The predicted molar refractivity (Wildman–Crippen MR) is 89.2 cm³/mol. The number of carbonyl (C=O) groups excluding carboxylic acids is 1. The molecule has 124 valence electrons. The van der Waals surface area contributed by atoms with Crippen LogP contribution in [0.25, 0.3) is 6.08 Å². The summed E-state index contributed by atoms with van der Waals surface area (Å²) in [6.07, 6.45) is 2.15. The molecule has 3 rings (SSSR count). The molecule has 7 heteroatoms. The summed E-state index contributed by atoms with van der Waals surface area (Å²) in [5, 5.41) is 2.62.